The summed E-state index contributed by atoms with van der Waals surface area (Å²) in [6.45, 7) is 6.33. The molecule has 9 nitrogen and oxygen atoms in total. The van der Waals surface area contributed by atoms with Crippen LogP contribution < -0.4 is 25.8 Å². The van der Waals surface area contributed by atoms with Gasteiger partial charge in [-0.25, -0.2) is 0 Å². The molecule has 0 radical (unpaired) electrons. The van der Waals surface area contributed by atoms with Crippen LogP contribution in [0.4, 0.5) is 11.4 Å². The van der Waals surface area contributed by atoms with Crippen LogP contribution in [0.25, 0.3) is 10.9 Å². The number of anilines is 2. The molecule has 1 atom stereocenters. The topological polar surface area (TPSA) is 122 Å². The van der Waals surface area contributed by atoms with Gasteiger partial charge in [-0.2, -0.15) is 0 Å². The molecule has 1 aliphatic heterocycles. The van der Waals surface area contributed by atoms with Gasteiger partial charge in [0, 0.05) is 56.1 Å². The second-order valence-electron chi connectivity index (χ2n) is 8.58. The Labute approximate surface area is 205 Å². The van der Waals surface area contributed by atoms with Crippen molar-refractivity contribution in [1.82, 2.24) is 15.2 Å². The first-order valence-electron chi connectivity index (χ1n) is 11.9. The molecular weight excluding hydrogens is 446 g/mol. The number of aliphatic hydroxyl groups is 1. The van der Waals surface area contributed by atoms with Gasteiger partial charge in [0.05, 0.1) is 23.9 Å². The van der Waals surface area contributed by atoms with Crippen LogP contribution in [0.15, 0.2) is 42.6 Å². The lowest BCUT2D eigenvalue weighted by atomic mass is 10.1. The van der Waals surface area contributed by atoms with Gasteiger partial charge in [-0.1, -0.05) is 25.1 Å². The largest absolute Gasteiger partial charge is 0.493 e. The Bertz CT molecular complexity index is 1180. The Hall–Kier alpha value is -3.40. The van der Waals surface area contributed by atoms with Crippen LogP contribution in [0.1, 0.15) is 22.8 Å². The summed E-state index contributed by atoms with van der Waals surface area (Å²) >= 11 is 0. The maximum atomic E-state index is 12.3. The van der Waals surface area contributed by atoms with E-state index >= 15 is 0 Å². The van der Waals surface area contributed by atoms with E-state index in [0.717, 1.165) is 43.9 Å². The zero-order chi connectivity index (χ0) is 24.8. The van der Waals surface area contributed by atoms with E-state index in [0.29, 0.717) is 34.6 Å². The number of nitrogens with zero attached hydrogens (tertiary/aromatic N) is 2. The molecule has 0 spiro atoms. The minimum absolute atomic E-state index is 0.107. The maximum Gasteiger partial charge on any atom is 0.252 e. The van der Waals surface area contributed by atoms with Crippen LogP contribution in [0.5, 0.6) is 11.5 Å². The number of hydrogen-bond acceptors (Lipinski definition) is 8. The molecule has 1 unspecified atom stereocenters. The Kier molecular flexibility index (Phi) is 8.02. The number of fused-ring (bicyclic) bond motifs is 1. The standard InChI is InChI=1S/C26H33N5O4/c1-3-17-6-4-5-7-21(17)30-25-19-12-24(35-16-18(32)15-31-10-8-28-9-11-31)23(34-2)13-22(19)29-14-20(25)26(27)33/h4-7,12-14,18,28,32H,3,8-11,15-16H2,1-2H3,(H2,27,33)(H,29,30). The van der Waals surface area contributed by atoms with E-state index < -0.39 is 12.0 Å². The molecule has 1 aromatic heterocycles. The van der Waals surface area contributed by atoms with Crippen LogP contribution in [0.3, 0.4) is 0 Å². The van der Waals surface area contributed by atoms with Gasteiger partial charge in [0.15, 0.2) is 11.5 Å². The van der Waals surface area contributed by atoms with Crippen LogP contribution in [0, 0.1) is 0 Å². The Morgan fingerprint density at radius 1 is 1.26 bits per heavy atom. The molecule has 9 heteroatoms. The summed E-state index contributed by atoms with van der Waals surface area (Å²) in [6, 6.07) is 11.5. The van der Waals surface area contributed by atoms with Gasteiger partial charge < -0.3 is 30.9 Å². The summed E-state index contributed by atoms with van der Waals surface area (Å²) in [4.78, 5) is 18.9. The summed E-state index contributed by atoms with van der Waals surface area (Å²) in [5.41, 5.74) is 9.14. The number of benzene rings is 2. The predicted molar refractivity (Wildman–Crippen MR) is 137 cm³/mol. The molecule has 1 aliphatic rings. The summed E-state index contributed by atoms with van der Waals surface area (Å²) in [6.07, 6.45) is 1.64. The van der Waals surface area contributed by atoms with Crippen molar-refractivity contribution in [3.05, 3.63) is 53.7 Å². The minimum atomic E-state index is -0.655. The van der Waals surface area contributed by atoms with Gasteiger partial charge in [0.2, 0.25) is 0 Å². The van der Waals surface area contributed by atoms with E-state index in [9.17, 15) is 9.90 Å². The predicted octanol–water partition coefficient (Wildman–Crippen LogP) is 2.29. The van der Waals surface area contributed by atoms with Crippen molar-refractivity contribution in [3.8, 4) is 11.5 Å². The van der Waals surface area contributed by atoms with E-state index in [2.05, 4.69) is 27.4 Å². The first-order chi connectivity index (χ1) is 17.0. The summed E-state index contributed by atoms with van der Waals surface area (Å²) in [5.74, 6) is 0.362. The number of aromatic nitrogens is 1. The molecule has 1 saturated heterocycles. The average Bonchev–Trinajstić information content (AvgIpc) is 2.87. The third-order valence-electron chi connectivity index (χ3n) is 6.19. The van der Waals surface area contributed by atoms with Gasteiger partial charge in [0.1, 0.15) is 12.7 Å². The SMILES string of the molecule is CCc1ccccc1Nc1c(C(N)=O)cnc2cc(OC)c(OCC(O)CN3CCNCC3)cc12. The molecule has 0 saturated carbocycles. The number of methoxy groups -OCH3 is 1. The zero-order valence-corrected chi connectivity index (χ0v) is 20.2. The van der Waals surface area contributed by atoms with Gasteiger partial charge in [0.25, 0.3) is 5.91 Å². The summed E-state index contributed by atoms with van der Waals surface area (Å²) in [5, 5.41) is 17.9. The molecule has 4 rings (SSSR count). The molecule has 0 aliphatic carbocycles. The van der Waals surface area contributed by atoms with Crippen molar-refractivity contribution in [3.63, 3.8) is 0 Å². The lowest BCUT2D eigenvalue weighted by molar-refractivity contribution is 0.0632. The van der Waals surface area contributed by atoms with Gasteiger partial charge >= 0.3 is 0 Å². The molecule has 35 heavy (non-hydrogen) atoms. The molecule has 5 N–H and O–H groups in total. The molecule has 0 bridgehead atoms. The van der Waals surface area contributed by atoms with E-state index in [1.165, 1.54) is 6.20 Å². The van der Waals surface area contributed by atoms with Crippen molar-refractivity contribution in [2.45, 2.75) is 19.4 Å². The number of carbonyl (C=O) groups is 1. The molecule has 2 aromatic carbocycles. The number of primary amides is 1. The molecule has 1 fully saturated rings. The fourth-order valence-corrected chi connectivity index (χ4v) is 4.31. The number of aryl methyl sites for hydroxylation is 1. The fraction of sp³-hybridized carbons (Fsp3) is 0.385. The van der Waals surface area contributed by atoms with E-state index in [1.807, 2.05) is 24.3 Å². The molecule has 1 amide bonds. The number of carbonyl (C=O) groups excluding carboxylic acids is 1. The molecule has 3 aromatic rings. The lowest BCUT2D eigenvalue weighted by Crippen LogP contribution is -2.47. The van der Waals surface area contributed by atoms with Crippen molar-refractivity contribution >= 4 is 28.2 Å². The van der Waals surface area contributed by atoms with Crippen LogP contribution in [0.2, 0.25) is 0 Å². The van der Waals surface area contributed by atoms with Gasteiger partial charge in [-0.05, 0) is 24.1 Å². The van der Waals surface area contributed by atoms with Crippen LogP contribution >= 0.6 is 0 Å². The third kappa shape index (κ3) is 5.82. The highest BCUT2D eigenvalue weighted by Gasteiger charge is 2.19. The number of rotatable bonds is 10. The maximum absolute atomic E-state index is 12.3. The van der Waals surface area contributed by atoms with Crippen LogP contribution in [-0.2, 0) is 6.42 Å². The molecular formula is C26H33N5O4. The van der Waals surface area contributed by atoms with Crippen molar-refractivity contribution in [2.75, 3.05) is 51.8 Å². The highest BCUT2D eigenvalue weighted by atomic mass is 16.5. The van der Waals surface area contributed by atoms with Crippen LogP contribution in [-0.4, -0.2) is 73.4 Å². The normalized spacial score (nSPS) is 15.1. The number of hydrogen-bond donors (Lipinski definition) is 4. The zero-order valence-electron chi connectivity index (χ0n) is 20.2. The second-order valence-corrected chi connectivity index (χ2v) is 8.58. The number of β-amino-alcohol motifs (C(OH)–C–C–N with tert-alkyl or cyclic N) is 1. The highest BCUT2D eigenvalue weighted by Crippen LogP contribution is 2.37. The first kappa shape index (κ1) is 24.7. The van der Waals surface area contributed by atoms with Gasteiger partial charge in [-0.3, -0.25) is 14.7 Å². The third-order valence-corrected chi connectivity index (χ3v) is 6.19. The number of aliphatic hydroxyl groups excluding tert-OH is 1. The van der Waals surface area contributed by atoms with Gasteiger partial charge in [-0.15, -0.1) is 0 Å². The Balaban J connectivity index is 1.66. The summed E-state index contributed by atoms with van der Waals surface area (Å²) < 4.78 is 11.5. The molecule has 2 heterocycles. The molecule has 186 valence electrons. The minimum Gasteiger partial charge on any atom is -0.493 e. The Morgan fingerprint density at radius 3 is 2.74 bits per heavy atom. The van der Waals surface area contributed by atoms with E-state index in [1.54, 1.807) is 19.2 Å². The number of ether oxygens (including phenoxy) is 2. The van der Waals surface area contributed by atoms with Crippen molar-refractivity contribution < 1.29 is 19.4 Å². The first-order valence-corrected chi connectivity index (χ1v) is 11.9. The second kappa shape index (κ2) is 11.4. The lowest BCUT2D eigenvalue weighted by Gasteiger charge is -2.29. The number of amides is 1. The Morgan fingerprint density at radius 2 is 2.03 bits per heavy atom. The van der Waals surface area contributed by atoms with Crippen molar-refractivity contribution in [1.29, 1.82) is 0 Å². The number of nitrogens with one attached hydrogen (secondary N) is 2. The smallest absolute Gasteiger partial charge is 0.252 e. The monoisotopic (exact) mass is 479 g/mol. The highest BCUT2D eigenvalue weighted by molar-refractivity contribution is 6.08. The fourth-order valence-electron chi connectivity index (χ4n) is 4.31. The number of nitrogens with two attached hydrogens (primary N) is 1. The summed E-state index contributed by atoms with van der Waals surface area (Å²) in [7, 11) is 1.56. The number of pyridine rings is 1. The average molecular weight is 480 g/mol. The number of piperazine rings is 1. The number of para-hydroxylation sites is 1. The van der Waals surface area contributed by atoms with E-state index in [-0.39, 0.29) is 12.2 Å². The van der Waals surface area contributed by atoms with Crippen molar-refractivity contribution in [2.24, 2.45) is 5.73 Å². The van der Waals surface area contributed by atoms with E-state index in [4.69, 9.17) is 15.2 Å². The quantitative estimate of drug-likeness (QED) is 0.349.